The van der Waals surface area contributed by atoms with Crippen molar-refractivity contribution >= 4 is 5.97 Å². The first kappa shape index (κ1) is 14.8. The van der Waals surface area contributed by atoms with Gasteiger partial charge in [-0.3, -0.25) is 9.69 Å². The number of hydrogen-bond donors (Lipinski definition) is 0. The monoisotopic (exact) mass is 281 g/mol. The third-order valence-corrected chi connectivity index (χ3v) is 3.54. The van der Waals surface area contributed by atoms with Crippen LogP contribution in [0.5, 0.6) is 5.75 Å². The van der Waals surface area contributed by atoms with E-state index in [1.165, 1.54) is 13.2 Å². The molecule has 1 unspecified atom stereocenters. The van der Waals surface area contributed by atoms with Crippen molar-refractivity contribution in [3.8, 4) is 5.75 Å². The van der Waals surface area contributed by atoms with Gasteiger partial charge in [0.1, 0.15) is 6.61 Å². The summed E-state index contributed by atoms with van der Waals surface area (Å²) in [5.41, 5.74) is 0. The van der Waals surface area contributed by atoms with Gasteiger partial charge in [-0.1, -0.05) is 12.1 Å². The first-order valence-corrected chi connectivity index (χ1v) is 6.88. The van der Waals surface area contributed by atoms with Crippen LogP contribution < -0.4 is 4.74 Å². The van der Waals surface area contributed by atoms with Crippen LogP contribution in [0, 0.1) is 11.7 Å². The molecule has 1 aliphatic rings. The van der Waals surface area contributed by atoms with Crippen LogP contribution in [-0.2, 0) is 9.53 Å². The highest BCUT2D eigenvalue weighted by atomic mass is 19.1. The zero-order chi connectivity index (χ0) is 14.4. The van der Waals surface area contributed by atoms with Gasteiger partial charge < -0.3 is 9.47 Å². The number of carbonyl (C=O) groups is 1. The third-order valence-electron chi connectivity index (χ3n) is 3.54. The maximum absolute atomic E-state index is 13.4. The Labute approximate surface area is 118 Å². The minimum Gasteiger partial charge on any atom is -0.489 e. The van der Waals surface area contributed by atoms with Crippen molar-refractivity contribution in [2.24, 2.45) is 5.92 Å². The van der Waals surface area contributed by atoms with Crippen LogP contribution >= 0.6 is 0 Å². The third kappa shape index (κ3) is 3.93. The summed E-state index contributed by atoms with van der Waals surface area (Å²) in [5.74, 6) is -0.278. The van der Waals surface area contributed by atoms with Crippen LogP contribution in [0.25, 0.3) is 0 Å². The number of carbonyl (C=O) groups excluding carboxylic acids is 1. The summed E-state index contributed by atoms with van der Waals surface area (Å²) in [5, 5.41) is 0. The number of rotatable bonds is 5. The van der Waals surface area contributed by atoms with E-state index in [1.807, 2.05) is 0 Å². The molecule has 0 saturated carbocycles. The number of likely N-dealkylation sites (tertiary alicyclic amines) is 1. The van der Waals surface area contributed by atoms with Crippen molar-refractivity contribution in [3.05, 3.63) is 30.1 Å². The Hall–Kier alpha value is -1.62. The fraction of sp³-hybridized carbons (Fsp3) is 0.533. The van der Waals surface area contributed by atoms with Gasteiger partial charge in [-0.25, -0.2) is 4.39 Å². The molecule has 0 aromatic heterocycles. The summed E-state index contributed by atoms with van der Waals surface area (Å²) in [7, 11) is 1.42. The predicted octanol–water partition coefficient (Wildman–Crippen LogP) is 2.09. The Morgan fingerprint density at radius 3 is 3.00 bits per heavy atom. The molecular weight excluding hydrogens is 261 g/mol. The second kappa shape index (κ2) is 7.24. The first-order chi connectivity index (χ1) is 9.70. The van der Waals surface area contributed by atoms with Crippen LogP contribution in [-0.4, -0.2) is 44.2 Å². The van der Waals surface area contributed by atoms with Crippen molar-refractivity contribution in [1.82, 2.24) is 4.90 Å². The number of esters is 1. The van der Waals surface area contributed by atoms with Crippen LogP contribution in [0.3, 0.4) is 0 Å². The van der Waals surface area contributed by atoms with E-state index in [4.69, 9.17) is 9.47 Å². The van der Waals surface area contributed by atoms with Gasteiger partial charge in [0.15, 0.2) is 11.6 Å². The zero-order valence-corrected chi connectivity index (χ0v) is 11.7. The molecule has 0 radical (unpaired) electrons. The van der Waals surface area contributed by atoms with E-state index >= 15 is 0 Å². The molecule has 1 aromatic rings. The zero-order valence-electron chi connectivity index (χ0n) is 11.7. The number of halogens is 1. The van der Waals surface area contributed by atoms with Crippen molar-refractivity contribution in [3.63, 3.8) is 0 Å². The largest absolute Gasteiger partial charge is 0.489 e. The number of methoxy groups -OCH3 is 1. The minimum absolute atomic E-state index is 0.0535. The second-order valence-electron chi connectivity index (χ2n) is 4.94. The molecule has 110 valence electrons. The number of ether oxygens (including phenoxy) is 2. The van der Waals surface area contributed by atoms with Crippen LogP contribution in [0.1, 0.15) is 12.8 Å². The average molecular weight is 281 g/mol. The molecule has 0 bridgehead atoms. The van der Waals surface area contributed by atoms with Crippen molar-refractivity contribution in [1.29, 1.82) is 0 Å². The molecule has 20 heavy (non-hydrogen) atoms. The van der Waals surface area contributed by atoms with Gasteiger partial charge in [0.2, 0.25) is 0 Å². The van der Waals surface area contributed by atoms with Gasteiger partial charge in [0.05, 0.1) is 13.0 Å². The molecule has 0 N–H and O–H groups in total. The number of benzene rings is 1. The average Bonchev–Trinajstić information content (AvgIpc) is 2.49. The smallest absolute Gasteiger partial charge is 0.309 e. The van der Waals surface area contributed by atoms with E-state index in [9.17, 15) is 9.18 Å². The summed E-state index contributed by atoms with van der Waals surface area (Å²) in [6.07, 6.45) is 1.84. The fourth-order valence-electron chi connectivity index (χ4n) is 2.46. The van der Waals surface area contributed by atoms with Gasteiger partial charge in [-0.15, -0.1) is 0 Å². The molecule has 4 nitrogen and oxygen atoms in total. The molecule has 1 atom stereocenters. The summed E-state index contributed by atoms with van der Waals surface area (Å²) < 4.78 is 23.6. The Morgan fingerprint density at radius 1 is 1.45 bits per heavy atom. The van der Waals surface area contributed by atoms with Crippen LogP contribution in [0.15, 0.2) is 24.3 Å². The number of nitrogens with zero attached hydrogens (tertiary/aromatic N) is 1. The minimum atomic E-state index is -0.349. The normalized spacial score (nSPS) is 19.6. The Bertz CT molecular complexity index is 452. The molecule has 0 aliphatic carbocycles. The quantitative estimate of drug-likeness (QED) is 0.775. The summed E-state index contributed by atoms with van der Waals surface area (Å²) >= 11 is 0. The molecule has 1 aromatic carbocycles. The van der Waals surface area contributed by atoms with Crippen LogP contribution in [0.2, 0.25) is 0 Å². The van der Waals surface area contributed by atoms with Crippen molar-refractivity contribution in [2.75, 3.05) is 33.4 Å². The molecular formula is C15H20FNO3. The molecule has 0 amide bonds. The highest BCUT2D eigenvalue weighted by Gasteiger charge is 2.26. The number of hydrogen-bond acceptors (Lipinski definition) is 4. The lowest BCUT2D eigenvalue weighted by molar-refractivity contribution is -0.147. The van der Waals surface area contributed by atoms with E-state index in [2.05, 4.69) is 4.90 Å². The van der Waals surface area contributed by atoms with E-state index in [-0.39, 0.29) is 23.5 Å². The molecule has 1 aliphatic heterocycles. The lowest BCUT2D eigenvalue weighted by Gasteiger charge is -2.31. The van der Waals surface area contributed by atoms with Gasteiger partial charge in [-0.2, -0.15) is 0 Å². The molecule has 1 fully saturated rings. The SMILES string of the molecule is COC(=O)C1CCCN(CCOc2ccccc2F)C1. The predicted molar refractivity (Wildman–Crippen MR) is 73.1 cm³/mol. The molecule has 2 rings (SSSR count). The van der Waals surface area contributed by atoms with Gasteiger partial charge in [0, 0.05) is 13.1 Å². The first-order valence-electron chi connectivity index (χ1n) is 6.88. The van der Waals surface area contributed by atoms with E-state index < -0.39 is 0 Å². The lowest BCUT2D eigenvalue weighted by Crippen LogP contribution is -2.41. The molecule has 1 heterocycles. The second-order valence-corrected chi connectivity index (χ2v) is 4.94. The topological polar surface area (TPSA) is 38.8 Å². The van der Waals surface area contributed by atoms with Crippen LogP contribution in [0.4, 0.5) is 4.39 Å². The highest BCUT2D eigenvalue weighted by Crippen LogP contribution is 2.18. The van der Waals surface area contributed by atoms with E-state index in [0.717, 1.165) is 19.4 Å². The fourth-order valence-corrected chi connectivity index (χ4v) is 2.46. The summed E-state index contributed by atoms with van der Waals surface area (Å²) in [6.45, 7) is 2.72. The van der Waals surface area contributed by atoms with Gasteiger partial charge in [0.25, 0.3) is 0 Å². The Balaban J connectivity index is 1.77. The van der Waals surface area contributed by atoms with Gasteiger partial charge >= 0.3 is 5.97 Å². The number of para-hydroxylation sites is 1. The van der Waals surface area contributed by atoms with Crippen molar-refractivity contribution < 1.29 is 18.7 Å². The molecule has 5 heteroatoms. The Morgan fingerprint density at radius 2 is 2.25 bits per heavy atom. The number of piperidine rings is 1. The molecule has 1 saturated heterocycles. The summed E-state index contributed by atoms with van der Waals surface area (Å²) in [4.78, 5) is 13.7. The molecule has 0 spiro atoms. The van der Waals surface area contributed by atoms with Gasteiger partial charge in [-0.05, 0) is 31.5 Å². The van der Waals surface area contributed by atoms with E-state index in [0.29, 0.717) is 19.7 Å². The highest BCUT2D eigenvalue weighted by molar-refractivity contribution is 5.72. The maximum atomic E-state index is 13.4. The van der Waals surface area contributed by atoms with Crippen molar-refractivity contribution in [2.45, 2.75) is 12.8 Å². The lowest BCUT2D eigenvalue weighted by atomic mass is 9.98. The van der Waals surface area contributed by atoms with E-state index in [1.54, 1.807) is 18.2 Å². The maximum Gasteiger partial charge on any atom is 0.309 e. The Kier molecular flexibility index (Phi) is 5.35. The summed E-state index contributed by atoms with van der Waals surface area (Å²) in [6, 6.07) is 6.37. The standard InChI is InChI=1S/C15H20FNO3/c1-19-15(18)12-5-4-8-17(11-12)9-10-20-14-7-3-2-6-13(14)16/h2-3,6-7,12H,4-5,8-11H2,1H3.